The van der Waals surface area contributed by atoms with Gasteiger partial charge in [-0.05, 0) is 124 Å². The van der Waals surface area contributed by atoms with E-state index < -0.39 is 0 Å². The van der Waals surface area contributed by atoms with Crippen molar-refractivity contribution < 1.29 is 4.79 Å². The number of likely N-dealkylation sites (tertiary alicyclic amines) is 1. The second kappa shape index (κ2) is 13.6. The maximum absolute atomic E-state index is 13.4. The number of fused-ring (bicyclic) bond motifs is 2. The number of aromatic nitrogens is 1. The summed E-state index contributed by atoms with van der Waals surface area (Å²) in [6, 6.07) is 25.6. The van der Waals surface area contributed by atoms with Crippen molar-refractivity contribution in [1.29, 1.82) is 5.26 Å². The number of carbonyl (C=O) groups is 1. The lowest BCUT2D eigenvalue weighted by Crippen LogP contribution is -2.46. The quantitative estimate of drug-likeness (QED) is 0.202. The van der Waals surface area contributed by atoms with Crippen molar-refractivity contribution >= 4 is 22.4 Å². The zero-order chi connectivity index (χ0) is 30.6. The van der Waals surface area contributed by atoms with Gasteiger partial charge in [0.2, 0.25) is 0 Å². The van der Waals surface area contributed by atoms with Crippen LogP contribution in [-0.4, -0.2) is 66.4 Å². The summed E-state index contributed by atoms with van der Waals surface area (Å²) in [5, 5.41) is 10.4. The summed E-state index contributed by atoms with van der Waals surface area (Å²) in [5.41, 5.74) is 8.07. The smallest absolute Gasteiger partial charge is 0.166 e. The van der Waals surface area contributed by atoms with Crippen LogP contribution in [0.1, 0.15) is 64.7 Å². The third-order valence-corrected chi connectivity index (χ3v) is 10.6. The summed E-state index contributed by atoms with van der Waals surface area (Å²) in [6.45, 7) is 8.69. The number of aryl methyl sites for hydroxylation is 1. The molecule has 0 amide bonds. The molecule has 1 unspecified atom stereocenters. The molecule has 1 aliphatic carbocycles. The molecule has 6 nitrogen and oxygen atoms in total. The molecule has 7 rings (SSSR count). The molecule has 232 valence electrons. The van der Waals surface area contributed by atoms with Crippen molar-refractivity contribution in [2.45, 2.75) is 51.5 Å². The number of piperazine rings is 1. The predicted molar refractivity (Wildman–Crippen MR) is 182 cm³/mol. The van der Waals surface area contributed by atoms with Crippen LogP contribution in [0, 0.1) is 23.2 Å². The third kappa shape index (κ3) is 6.85. The first kappa shape index (κ1) is 29.8. The van der Waals surface area contributed by atoms with Crippen LogP contribution >= 0.6 is 0 Å². The Kier molecular flexibility index (Phi) is 9.00. The van der Waals surface area contributed by atoms with Crippen molar-refractivity contribution in [3.63, 3.8) is 0 Å². The van der Waals surface area contributed by atoms with Crippen LogP contribution in [0.4, 0.5) is 5.69 Å². The van der Waals surface area contributed by atoms with Gasteiger partial charge in [0.15, 0.2) is 5.78 Å². The fourth-order valence-electron chi connectivity index (χ4n) is 7.91. The van der Waals surface area contributed by atoms with Gasteiger partial charge in [0.1, 0.15) is 0 Å². The van der Waals surface area contributed by atoms with Gasteiger partial charge in [-0.15, -0.1) is 0 Å². The summed E-state index contributed by atoms with van der Waals surface area (Å²) in [5.74, 6) is 1.20. The van der Waals surface area contributed by atoms with E-state index in [9.17, 15) is 10.1 Å². The van der Waals surface area contributed by atoms with Crippen LogP contribution in [0.25, 0.3) is 10.9 Å². The van der Waals surface area contributed by atoms with Gasteiger partial charge < -0.3 is 9.88 Å². The number of carbonyl (C=O) groups excluding carboxylic acids is 1. The van der Waals surface area contributed by atoms with E-state index >= 15 is 0 Å². The van der Waals surface area contributed by atoms with Crippen LogP contribution in [-0.2, 0) is 19.4 Å². The number of rotatable bonds is 10. The minimum Gasteiger partial charge on any atom is -0.369 e. The molecule has 0 radical (unpaired) electrons. The Balaban J connectivity index is 0.846. The molecule has 3 heterocycles. The lowest BCUT2D eigenvalue weighted by molar-refractivity contribution is 0.0895. The summed E-state index contributed by atoms with van der Waals surface area (Å²) >= 11 is 0. The summed E-state index contributed by atoms with van der Waals surface area (Å²) in [7, 11) is 0. The predicted octanol–water partition coefficient (Wildman–Crippen LogP) is 6.84. The fourth-order valence-corrected chi connectivity index (χ4v) is 7.91. The molecule has 45 heavy (non-hydrogen) atoms. The number of H-pyrrole nitrogens is 1. The Morgan fingerprint density at radius 1 is 0.867 bits per heavy atom. The van der Waals surface area contributed by atoms with Gasteiger partial charge in [0.25, 0.3) is 0 Å². The number of piperidine rings is 1. The van der Waals surface area contributed by atoms with Gasteiger partial charge in [0, 0.05) is 67.0 Å². The number of aromatic amines is 1. The number of hydrogen-bond donors (Lipinski definition) is 1. The highest BCUT2D eigenvalue weighted by Gasteiger charge is 2.34. The zero-order valence-corrected chi connectivity index (χ0v) is 26.4. The second-order valence-corrected chi connectivity index (χ2v) is 13.5. The summed E-state index contributed by atoms with van der Waals surface area (Å²) < 4.78 is 0. The Morgan fingerprint density at radius 2 is 1.69 bits per heavy atom. The van der Waals surface area contributed by atoms with Crippen molar-refractivity contribution in [3.05, 3.63) is 101 Å². The topological polar surface area (TPSA) is 66.4 Å². The number of nitrogens with one attached hydrogen (secondary N) is 1. The average Bonchev–Trinajstić information content (AvgIpc) is 3.63. The Morgan fingerprint density at radius 3 is 2.49 bits per heavy atom. The molecule has 0 bridgehead atoms. The first-order valence-electron chi connectivity index (χ1n) is 17.0. The normalized spacial score (nSPS) is 19.7. The maximum atomic E-state index is 13.4. The molecule has 2 fully saturated rings. The Bertz CT molecular complexity index is 1650. The molecule has 2 saturated heterocycles. The number of Topliss-reactive ketones (excluding diaryl/α,β-unsaturated/α-hetero) is 1. The van der Waals surface area contributed by atoms with Gasteiger partial charge in [-0.2, -0.15) is 5.26 Å². The molecule has 1 atom stereocenters. The minimum absolute atomic E-state index is 0.162. The number of nitriles is 1. The Labute approximate surface area is 267 Å². The van der Waals surface area contributed by atoms with Gasteiger partial charge in [-0.25, -0.2) is 0 Å². The highest BCUT2D eigenvalue weighted by Crippen LogP contribution is 2.36. The van der Waals surface area contributed by atoms with Crippen LogP contribution in [0.3, 0.4) is 0 Å². The summed E-state index contributed by atoms with van der Waals surface area (Å²) in [6.07, 6.45) is 9.84. The van der Waals surface area contributed by atoms with Gasteiger partial charge in [0.05, 0.1) is 11.6 Å². The van der Waals surface area contributed by atoms with E-state index in [1.54, 1.807) is 0 Å². The molecule has 3 aromatic carbocycles. The molecule has 2 aliphatic heterocycles. The lowest BCUT2D eigenvalue weighted by Gasteiger charge is -2.36. The highest BCUT2D eigenvalue weighted by molar-refractivity contribution is 6.02. The number of benzene rings is 3. The second-order valence-electron chi connectivity index (χ2n) is 13.5. The lowest BCUT2D eigenvalue weighted by atomic mass is 9.85. The van der Waals surface area contributed by atoms with E-state index in [-0.39, 0.29) is 5.92 Å². The largest absolute Gasteiger partial charge is 0.369 e. The SMILES string of the molecule is N#Cc1ccc2[nH]cc(CCCCN3CCN(c4ccc5c(c4)CC(CC4CCN(Cc6ccccc6)CC4)C5=O)CC3)c2c1. The fraction of sp³-hybridized carbons (Fsp3) is 0.436. The zero-order valence-electron chi connectivity index (χ0n) is 26.4. The number of ketones is 1. The molecule has 4 aromatic rings. The van der Waals surface area contributed by atoms with E-state index in [1.165, 1.54) is 47.0 Å². The molecule has 1 aromatic heterocycles. The molecule has 6 heteroatoms. The number of hydrogen-bond acceptors (Lipinski definition) is 5. The molecule has 0 spiro atoms. The average molecular weight is 600 g/mol. The standard InChI is InChI=1S/C39H45N5O/c40-26-31-9-12-38-37(23-31)32(27-41-38)8-4-5-15-42-18-20-44(21-19-42)35-10-11-36-33(25-35)24-34(39(36)45)22-29-13-16-43(17-14-29)28-30-6-2-1-3-7-30/h1-3,6-7,9-12,23,25,27,29,34,41H,4-5,8,13-22,24,28H2. The van der Waals surface area contributed by atoms with Crippen LogP contribution < -0.4 is 4.90 Å². The summed E-state index contributed by atoms with van der Waals surface area (Å²) in [4.78, 5) is 24.4. The number of unbranched alkanes of at least 4 members (excludes halogenated alkanes) is 1. The Hall–Kier alpha value is -3.92. The molecule has 1 N–H and O–H groups in total. The first-order chi connectivity index (χ1) is 22.1. The van der Waals surface area contributed by atoms with Crippen molar-refractivity contribution in [1.82, 2.24) is 14.8 Å². The van der Waals surface area contributed by atoms with Crippen molar-refractivity contribution in [2.75, 3.05) is 50.7 Å². The molecular weight excluding hydrogens is 554 g/mol. The number of nitrogens with zero attached hydrogens (tertiary/aromatic N) is 4. The van der Waals surface area contributed by atoms with E-state index in [0.29, 0.717) is 11.7 Å². The van der Waals surface area contributed by atoms with Crippen LogP contribution in [0.5, 0.6) is 0 Å². The van der Waals surface area contributed by atoms with Gasteiger partial charge in [-0.3, -0.25) is 14.6 Å². The number of anilines is 1. The highest BCUT2D eigenvalue weighted by atomic mass is 16.1. The van der Waals surface area contributed by atoms with Crippen molar-refractivity contribution in [3.8, 4) is 6.07 Å². The van der Waals surface area contributed by atoms with E-state index in [2.05, 4.69) is 80.5 Å². The van der Waals surface area contributed by atoms with Crippen LogP contribution in [0.15, 0.2) is 72.9 Å². The minimum atomic E-state index is 0.162. The van der Waals surface area contributed by atoms with Crippen LogP contribution in [0.2, 0.25) is 0 Å². The monoisotopic (exact) mass is 599 g/mol. The van der Waals surface area contributed by atoms with Crippen molar-refractivity contribution in [2.24, 2.45) is 11.8 Å². The van der Waals surface area contributed by atoms with E-state index in [1.807, 2.05) is 18.2 Å². The molecular formula is C39H45N5O. The first-order valence-corrected chi connectivity index (χ1v) is 17.0. The third-order valence-electron chi connectivity index (χ3n) is 10.6. The molecule has 3 aliphatic rings. The van der Waals surface area contributed by atoms with E-state index in [0.717, 1.165) is 94.7 Å². The molecule has 0 saturated carbocycles. The van der Waals surface area contributed by atoms with Gasteiger partial charge >= 0.3 is 0 Å². The van der Waals surface area contributed by atoms with E-state index in [4.69, 9.17) is 0 Å². The maximum Gasteiger partial charge on any atom is 0.166 e. The van der Waals surface area contributed by atoms with Gasteiger partial charge in [-0.1, -0.05) is 30.3 Å².